The molecule has 0 bridgehead atoms. The van der Waals surface area contributed by atoms with Gasteiger partial charge in [0, 0.05) is 5.69 Å². The zero-order valence-corrected chi connectivity index (χ0v) is 18.4. The summed E-state index contributed by atoms with van der Waals surface area (Å²) in [5.74, 6) is 0. The van der Waals surface area contributed by atoms with E-state index in [1.54, 1.807) is 0 Å². The number of aryl methyl sites for hydroxylation is 2. The van der Waals surface area contributed by atoms with Crippen molar-refractivity contribution in [1.29, 1.82) is 0 Å². The fourth-order valence-electron chi connectivity index (χ4n) is 2.74. The lowest BCUT2D eigenvalue weighted by atomic mass is 10.1. The second kappa shape index (κ2) is 17.6. The smallest absolute Gasteiger partial charge is 0.0346 e. The molecule has 0 aliphatic heterocycles. The third-order valence-corrected chi connectivity index (χ3v) is 4.54. The Labute approximate surface area is 179 Å². The van der Waals surface area contributed by atoms with Crippen molar-refractivity contribution < 1.29 is 0 Å². The van der Waals surface area contributed by atoms with Gasteiger partial charge in [0.1, 0.15) is 0 Å². The van der Waals surface area contributed by atoms with E-state index < -0.39 is 0 Å². The summed E-state index contributed by atoms with van der Waals surface area (Å²) in [5, 5.41) is 0. The van der Waals surface area contributed by atoms with Crippen LogP contribution in [-0.2, 0) is 6.42 Å². The fourth-order valence-corrected chi connectivity index (χ4v) is 2.74. The summed E-state index contributed by atoms with van der Waals surface area (Å²) in [7, 11) is 0. The standard InChI is InChI=1S/C28H39N/c1-3-4-5-6-7-8-9-10-11-12-13-14-15-16-17-18-19-20-21-22-27-24-23-26(2)28(29)25-27/h4-5,7-8,10-11,13-14,16-17,19-20,23-25H,3,6,9,12,15,18,21-22,29H2,1-2H3/b5-4-,8-7-,11-10-,14-13-,17-16-,20-19-. The van der Waals surface area contributed by atoms with E-state index in [4.69, 9.17) is 5.73 Å². The van der Waals surface area contributed by atoms with E-state index in [1.165, 1.54) is 5.56 Å². The van der Waals surface area contributed by atoms with Gasteiger partial charge in [-0.25, -0.2) is 0 Å². The lowest BCUT2D eigenvalue weighted by Gasteiger charge is -2.03. The van der Waals surface area contributed by atoms with Crippen LogP contribution in [0, 0.1) is 6.92 Å². The van der Waals surface area contributed by atoms with Crippen LogP contribution in [0.2, 0.25) is 0 Å². The van der Waals surface area contributed by atoms with Crippen molar-refractivity contribution in [1.82, 2.24) is 0 Å². The highest BCUT2D eigenvalue weighted by atomic mass is 14.5. The summed E-state index contributed by atoms with van der Waals surface area (Å²) < 4.78 is 0. The number of benzene rings is 1. The molecule has 0 spiro atoms. The molecule has 0 aliphatic rings. The molecular formula is C28H39N. The second-order valence-electron chi connectivity index (χ2n) is 7.14. The normalized spacial score (nSPS) is 12.9. The Balaban J connectivity index is 2.02. The molecule has 0 aromatic heterocycles. The Morgan fingerprint density at radius 1 is 0.655 bits per heavy atom. The molecule has 0 atom stereocenters. The molecule has 156 valence electrons. The van der Waals surface area contributed by atoms with Crippen LogP contribution in [0.25, 0.3) is 0 Å². The van der Waals surface area contributed by atoms with Crippen molar-refractivity contribution in [3.05, 3.63) is 102 Å². The summed E-state index contributed by atoms with van der Waals surface area (Å²) >= 11 is 0. The van der Waals surface area contributed by atoms with Gasteiger partial charge in [-0.05, 0) is 75.5 Å². The van der Waals surface area contributed by atoms with E-state index in [-0.39, 0.29) is 0 Å². The zero-order valence-electron chi connectivity index (χ0n) is 18.4. The zero-order chi connectivity index (χ0) is 21.0. The predicted octanol–water partition coefficient (Wildman–Crippen LogP) is 8.21. The quantitative estimate of drug-likeness (QED) is 0.252. The minimum atomic E-state index is 0.894. The molecule has 0 saturated heterocycles. The van der Waals surface area contributed by atoms with Crippen LogP contribution in [0.15, 0.2) is 91.1 Å². The van der Waals surface area contributed by atoms with Gasteiger partial charge in [-0.2, -0.15) is 0 Å². The van der Waals surface area contributed by atoms with Crippen molar-refractivity contribution in [3.63, 3.8) is 0 Å². The first kappa shape index (κ1) is 24.5. The number of rotatable bonds is 14. The topological polar surface area (TPSA) is 26.0 Å². The van der Waals surface area contributed by atoms with Crippen molar-refractivity contribution in [2.45, 2.75) is 65.2 Å². The molecule has 0 radical (unpaired) electrons. The van der Waals surface area contributed by atoms with Crippen LogP contribution in [-0.4, -0.2) is 0 Å². The fraction of sp³-hybridized carbons (Fsp3) is 0.357. The minimum absolute atomic E-state index is 0.894. The van der Waals surface area contributed by atoms with E-state index in [0.29, 0.717) is 0 Å². The maximum Gasteiger partial charge on any atom is 0.0346 e. The summed E-state index contributed by atoms with van der Waals surface area (Å²) in [4.78, 5) is 0. The first-order valence-corrected chi connectivity index (χ1v) is 11.0. The highest BCUT2D eigenvalue weighted by Gasteiger charge is 1.95. The van der Waals surface area contributed by atoms with Crippen molar-refractivity contribution in [2.24, 2.45) is 0 Å². The second-order valence-corrected chi connectivity index (χ2v) is 7.14. The SMILES string of the molecule is CC/C=C\C/C=C\C/C=C\C/C=C\C/C=C\C/C=C\CCc1ccc(C)c(N)c1. The average Bonchev–Trinajstić information content (AvgIpc) is 2.72. The van der Waals surface area contributed by atoms with Gasteiger partial charge in [-0.1, -0.05) is 92.0 Å². The average molecular weight is 390 g/mol. The van der Waals surface area contributed by atoms with E-state index >= 15 is 0 Å². The van der Waals surface area contributed by atoms with Crippen LogP contribution in [0.3, 0.4) is 0 Å². The maximum atomic E-state index is 5.95. The number of anilines is 1. The summed E-state index contributed by atoms with van der Waals surface area (Å²) in [6.07, 6.45) is 35.1. The number of nitrogen functional groups attached to an aromatic ring is 1. The molecule has 0 aliphatic carbocycles. The molecule has 0 unspecified atom stereocenters. The molecule has 0 saturated carbocycles. The Hall–Kier alpha value is -2.54. The van der Waals surface area contributed by atoms with Crippen LogP contribution in [0.5, 0.6) is 0 Å². The monoisotopic (exact) mass is 389 g/mol. The summed E-state index contributed by atoms with van der Waals surface area (Å²) in [6, 6.07) is 6.36. The molecule has 0 heterocycles. The lowest BCUT2D eigenvalue weighted by Crippen LogP contribution is -1.92. The molecule has 1 nitrogen and oxygen atoms in total. The maximum absolute atomic E-state index is 5.95. The van der Waals surface area contributed by atoms with Gasteiger partial charge in [0.25, 0.3) is 0 Å². The number of hydrogen-bond acceptors (Lipinski definition) is 1. The van der Waals surface area contributed by atoms with Crippen molar-refractivity contribution in [3.8, 4) is 0 Å². The first-order valence-electron chi connectivity index (χ1n) is 11.0. The van der Waals surface area contributed by atoms with Crippen molar-refractivity contribution >= 4 is 5.69 Å². The molecule has 1 heteroatoms. The molecule has 1 rings (SSSR count). The van der Waals surface area contributed by atoms with Gasteiger partial charge >= 0.3 is 0 Å². The highest BCUT2D eigenvalue weighted by molar-refractivity contribution is 5.48. The minimum Gasteiger partial charge on any atom is -0.399 e. The van der Waals surface area contributed by atoms with Crippen LogP contribution < -0.4 is 5.73 Å². The molecular weight excluding hydrogens is 350 g/mol. The first-order chi connectivity index (χ1) is 14.2. The lowest BCUT2D eigenvalue weighted by molar-refractivity contribution is 0.995. The van der Waals surface area contributed by atoms with E-state index in [9.17, 15) is 0 Å². The Morgan fingerprint density at radius 2 is 1.10 bits per heavy atom. The Kier molecular flexibility index (Phi) is 14.8. The van der Waals surface area contributed by atoms with Crippen LogP contribution in [0.1, 0.15) is 63.0 Å². The highest BCUT2D eigenvalue weighted by Crippen LogP contribution is 2.14. The van der Waals surface area contributed by atoms with Crippen LogP contribution >= 0.6 is 0 Å². The van der Waals surface area contributed by atoms with E-state index in [2.05, 4.69) is 98.0 Å². The third kappa shape index (κ3) is 14.2. The van der Waals surface area contributed by atoms with Gasteiger partial charge in [0.05, 0.1) is 0 Å². The van der Waals surface area contributed by atoms with Gasteiger partial charge in [-0.3, -0.25) is 0 Å². The van der Waals surface area contributed by atoms with Gasteiger partial charge in [0.15, 0.2) is 0 Å². The largest absolute Gasteiger partial charge is 0.399 e. The van der Waals surface area contributed by atoms with Gasteiger partial charge in [-0.15, -0.1) is 0 Å². The van der Waals surface area contributed by atoms with Gasteiger partial charge in [0.2, 0.25) is 0 Å². The number of nitrogens with two attached hydrogens (primary N) is 1. The number of allylic oxidation sites excluding steroid dienone is 12. The molecule has 29 heavy (non-hydrogen) atoms. The van der Waals surface area contributed by atoms with E-state index in [0.717, 1.165) is 62.6 Å². The molecule has 1 aromatic carbocycles. The third-order valence-electron chi connectivity index (χ3n) is 4.54. The summed E-state index contributed by atoms with van der Waals surface area (Å²) in [6.45, 7) is 4.21. The van der Waals surface area contributed by atoms with E-state index in [1.807, 2.05) is 6.92 Å². The molecule has 1 aromatic rings. The van der Waals surface area contributed by atoms with Crippen LogP contribution in [0.4, 0.5) is 5.69 Å². The number of hydrogen-bond donors (Lipinski definition) is 1. The van der Waals surface area contributed by atoms with Gasteiger partial charge < -0.3 is 5.73 Å². The molecule has 2 N–H and O–H groups in total. The predicted molar refractivity (Wildman–Crippen MR) is 132 cm³/mol. The summed E-state index contributed by atoms with van der Waals surface area (Å²) in [5.41, 5.74) is 9.32. The molecule has 0 amide bonds. The Morgan fingerprint density at radius 3 is 1.55 bits per heavy atom. The Bertz CT molecular complexity index is 714. The molecule has 0 fully saturated rings. The van der Waals surface area contributed by atoms with Crippen molar-refractivity contribution in [2.75, 3.05) is 5.73 Å².